The lowest BCUT2D eigenvalue weighted by Gasteiger charge is -2.15. The predicted octanol–water partition coefficient (Wildman–Crippen LogP) is 3.69. The highest BCUT2D eigenvalue weighted by Crippen LogP contribution is 2.24. The van der Waals surface area contributed by atoms with Gasteiger partial charge in [0.25, 0.3) is 5.91 Å². The molecular weight excluding hydrogens is 338 g/mol. The van der Waals surface area contributed by atoms with E-state index in [2.05, 4.69) is 34.5 Å². The average Bonchev–Trinajstić information content (AvgIpc) is 3.11. The molecular formula is C21H19N5O. The Morgan fingerprint density at radius 3 is 2.59 bits per heavy atom. The number of aromatic nitrogens is 3. The predicted molar refractivity (Wildman–Crippen MR) is 106 cm³/mol. The summed E-state index contributed by atoms with van der Waals surface area (Å²) in [6.07, 6.45) is 3.50. The lowest BCUT2D eigenvalue weighted by molar-refractivity contribution is 0.1000. The van der Waals surface area contributed by atoms with Gasteiger partial charge in [-0.05, 0) is 24.6 Å². The normalized spacial score (nSPS) is 12.0. The number of hydrogen-bond donors (Lipinski definition) is 2. The number of nitrogens with two attached hydrogens (primary N) is 1. The number of benzene rings is 2. The molecule has 6 heteroatoms. The highest BCUT2D eigenvalue weighted by atomic mass is 16.1. The topological polar surface area (TPSA) is 85.8 Å². The van der Waals surface area contributed by atoms with Gasteiger partial charge in [-0.15, -0.1) is 0 Å². The molecule has 0 saturated carbocycles. The third kappa shape index (κ3) is 3.25. The molecule has 2 aromatic heterocycles. The van der Waals surface area contributed by atoms with E-state index in [1.54, 1.807) is 29.2 Å². The molecule has 0 bridgehead atoms. The van der Waals surface area contributed by atoms with Gasteiger partial charge in [-0.3, -0.25) is 4.79 Å². The van der Waals surface area contributed by atoms with E-state index in [4.69, 9.17) is 5.73 Å². The van der Waals surface area contributed by atoms with Crippen molar-refractivity contribution in [2.24, 2.45) is 5.73 Å². The number of carbonyl (C=O) groups excluding carboxylic acids is 1. The first-order valence-corrected chi connectivity index (χ1v) is 8.68. The zero-order chi connectivity index (χ0) is 18.8. The molecule has 134 valence electrons. The van der Waals surface area contributed by atoms with Gasteiger partial charge in [0, 0.05) is 23.7 Å². The minimum absolute atomic E-state index is 0.102. The summed E-state index contributed by atoms with van der Waals surface area (Å²) < 4.78 is 1.72. The van der Waals surface area contributed by atoms with E-state index < -0.39 is 5.91 Å². The number of nitrogens with zero attached hydrogens (tertiary/aromatic N) is 3. The highest BCUT2D eigenvalue weighted by Gasteiger charge is 2.14. The summed E-state index contributed by atoms with van der Waals surface area (Å²) in [5.74, 6) is 0.247. The molecule has 0 aliphatic carbocycles. The van der Waals surface area contributed by atoms with E-state index in [0.717, 1.165) is 16.7 Å². The smallest absolute Gasteiger partial charge is 0.250 e. The molecule has 6 nitrogen and oxygen atoms in total. The average molecular weight is 357 g/mol. The molecule has 2 heterocycles. The zero-order valence-corrected chi connectivity index (χ0v) is 14.8. The Hall–Kier alpha value is -3.67. The quantitative estimate of drug-likeness (QED) is 0.570. The van der Waals surface area contributed by atoms with Crippen LogP contribution in [0, 0.1) is 0 Å². The van der Waals surface area contributed by atoms with Crippen molar-refractivity contribution in [3.63, 3.8) is 0 Å². The van der Waals surface area contributed by atoms with Crippen molar-refractivity contribution in [2.45, 2.75) is 13.0 Å². The van der Waals surface area contributed by atoms with Crippen molar-refractivity contribution >= 4 is 22.6 Å². The van der Waals surface area contributed by atoms with E-state index in [1.165, 1.54) is 5.56 Å². The minimum Gasteiger partial charge on any atom is -0.366 e. The summed E-state index contributed by atoms with van der Waals surface area (Å²) in [6.45, 7) is 2.08. The Morgan fingerprint density at radius 1 is 1.07 bits per heavy atom. The molecule has 2 aromatic carbocycles. The largest absolute Gasteiger partial charge is 0.366 e. The van der Waals surface area contributed by atoms with Crippen molar-refractivity contribution < 1.29 is 4.79 Å². The third-order valence-electron chi connectivity index (χ3n) is 4.51. The van der Waals surface area contributed by atoms with E-state index in [0.29, 0.717) is 11.3 Å². The molecule has 1 amide bonds. The maximum atomic E-state index is 11.8. The van der Waals surface area contributed by atoms with Crippen molar-refractivity contribution in [2.75, 3.05) is 5.32 Å². The number of nitrogens with one attached hydrogen (secondary N) is 1. The fraction of sp³-hybridized carbons (Fsp3) is 0.0952. The van der Waals surface area contributed by atoms with Crippen molar-refractivity contribution in [1.82, 2.24) is 14.8 Å². The Balaban J connectivity index is 1.73. The molecule has 0 radical (unpaired) electrons. The second-order valence-electron chi connectivity index (χ2n) is 6.34. The van der Waals surface area contributed by atoms with E-state index in [-0.39, 0.29) is 6.04 Å². The number of primary amides is 1. The van der Waals surface area contributed by atoms with Crippen LogP contribution in [0.5, 0.6) is 0 Å². The van der Waals surface area contributed by atoms with Gasteiger partial charge in [-0.25, -0.2) is 9.67 Å². The second kappa shape index (κ2) is 6.92. The van der Waals surface area contributed by atoms with Gasteiger partial charge in [0.1, 0.15) is 5.82 Å². The van der Waals surface area contributed by atoms with Gasteiger partial charge in [-0.1, -0.05) is 42.5 Å². The Bertz CT molecular complexity index is 1100. The van der Waals surface area contributed by atoms with Crippen LogP contribution in [0.15, 0.2) is 73.1 Å². The van der Waals surface area contributed by atoms with Gasteiger partial charge < -0.3 is 11.1 Å². The van der Waals surface area contributed by atoms with Crippen molar-refractivity contribution in [1.29, 1.82) is 0 Å². The molecule has 0 unspecified atom stereocenters. The fourth-order valence-corrected chi connectivity index (χ4v) is 3.10. The highest BCUT2D eigenvalue weighted by molar-refractivity contribution is 5.97. The van der Waals surface area contributed by atoms with E-state index in [9.17, 15) is 4.79 Å². The van der Waals surface area contributed by atoms with Crippen molar-refractivity contribution in [3.8, 4) is 5.69 Å². The van der Waals surface area contributed by atoms with Gasteiger partial charge in [0.2, 0.25) is 0 Å². The maximum absolute atomic E-state index is 11.8. The molecule has 0 aliphatic rings. The number of para-hydroxylation sites is 1. The van der Waals surface area contributed by atoms with Crippen LogP contribution in [0.4, 0.5) is 5.82 Å². The standard InChI is InChI=1S/C21H19N5O/c1-14(15-7-3-2-4-8-15)25-20-11-19-16(12-23-20)13-24-26(19)18-10-6-5-9-17(18)21(22)27/h2-14H,1H3,(H2,22,27)(H,23,25)/t14-/m0/s1. The Kier molecular flexibility index (Phi) is 4.30. The molecule has 0 spiro atoms. The lowest BCUT2D eigenvalue weighted by Crippen LogP contribution is -2.15. The molecule has 1 atom stereocenters. The van der Waals surface area contributed by atoms with Crippen LogP contribution < -0.4 is 11.1 Å². The zero-order valence-electron chi connectivity index (χ0n) is 14.8. The van der Waals surface area contributed by atoms with Crippen LogP contribution in [0.2, 0.25) is 0 Å². The van der Waals surface area contributed by atoms with Crippen LogP contribution in [0.25, 0.3) is 16.6 Å². The molecule has 4 aromatic rings. The molecule has 0 aliphatic heterocycles. The number of anilines is 1. The lowest BCUT2D eigenvalue weighted by atomic mass is 10.1. The minimum atomic E-state index is -0.487. The van der Waals surface area contributed by atoms with Crippen molar-refractivity contribution in [3.05, 3.63) is 84.2 Å². The van der Waals surface area contributed by atoms with Crippen LogP contribution >= 0.6 is 0 Å². The summed E-state index contributed by atoms with van der Waals surface area (Å²) in [7, 11) is 0. The Morgan fingerprint density at radius 2 is 1.81 bits per heavy atom. The number of fused-ring (bicyclic) bond motifs is 1. The molecule has 27 heavy (non-hydrogen) atoms. The first-order chi connectivity index (χ1) is 13.1. The maximum Gasteiger partial charge on any atom is 0.250 e. The number of carbonyl (C=O) groups is 1. The van der Waals surface area contributed by atoms with Crippen LogP contribution in [0.3, 0.4) is 0 Å². The molecule has 0 saturated heterocycles. The van der Waals surface area contributed by atoms with Gasteiger partial charge in [0.15, 0.2) is 0 Å². The summed E-state index contributed by atoms with van der Waals surface area (Å²) in [5, 5.41) is 8.72. The van der Waals surface area contributed by atoms with Crippen LogP contribution in [-0.2, 0) is 0 Å². The monoisotopic (exact) mass is 357 g/mol. The summed E-state index contributed by atoms with van der Waals surface area (Å²) in [6, 6.07) is 19.4. The first kappa shape index (κ1) is 16.8. The summed E-state index contributed by atoms with van der Waals surface area (Å²) in [4.78, 5) is 16.3. The first-order valence-electron chi connectivity index (χ1n) is 8.68. The number of hydrogen-bond acceptors (Lipinski definition) is 4. The number of amides is 1. The number of rotatable bonds is 5. The molecule has 3 N–H and O–H groups in total. The van der Waals surface area contributed by atoms with E-state index in [1.807, 2.05) is 36.4 Å². The van der Waals surface area contributed by atoms with E-state index >= 15 is 0 Å². The third-order valence-corrected chi connectivity index (χ3v) is 4.51. The fourth-order valence-electron chi connectivity index (χ4n) is 3.10. The summed E-state index contributed by atoms with van der Waals surface area (Å²) in [5.41, 5.74) is 8.61. The van der Waals surface area contributed by atoms with Crippen LogP contribution in [-0.4, -0.2) is 20.7 Å². The Labute approximate surface area is 156 Å². The molecule has 0 fully saturated rings. The summed E-state index contributed by atoms with van der Waals surface area (Å²) >= 11 is 0. The SMILES string of the molecule is C[C@H](Nc1cc2c(cn1)cnn2-c1ccccc1C(N)=O)c1ccccc1. The van der Waals surface area contributed by atoms with Gasteiger partial charge >= 0.3 is 0 Å². The van der Waals surface area contributed by atoms with Gasteiger partial charge in [-0.2, -0.15) is 5.10 Å². The second-order valence-corrected chi connectivity index (χ2v) is 6.34. The van der Waals surface area contributed by atoms with Gasteiger partial charge in [0.05, 0.1) is 23.0 Å². The number of pyridine rings is 1. The van der Waals surface area contributed by atoms with Crippen LogP contribution in [0.1, 0.15) is 28.9 Å². The molecule has 4 rings (SSSR count).